The van der Waals surface area contributed by atoms with Crippen LogP contribution in [0.2, 0.25) is 0 Å². The molecule has 0 N–H and O–H groups in total. The van der Waals surface area contributed by atoms with E-state index in [1.54, 1.807) is 54.6 Å². The molecule has 5 heteroatoms. The largest absolute Gasteiger partial charge is 0.496 e. The van der Waals surface area contributed by atoms with E-state index in [2.05, 4.69) is 0 Å². The molecule has 0 spiro atoms. The number of benzene rings is 3. The number of esters is 1. The smallest absolute Gasteiger partial charge is 0.347 e. The summed E-state index contributed by atoms with van der Waals surface area (Å²) >= 11 is 0. The van der Waals surface area contributed by atoms with Crippen molar-refractivity contribution >= 4 is 17.8 Å². The number of ether oxygens (including phenoxy) is 3. The summed E-state index contributed by atoms with van der Waals surface area (Å²) in [6, 6.07) is 20.7. The van der Waals surface area contributed by atoms with Crippen LogP contribution in [0.25, 0.3) is 6.08 Å². The van der Waals surface area contributed by atoms with Crippen LogP contribution in [0.5, 0.6) is 17.2 Å². The molecular weight excluding hydrogens is 380 g/mol. The van der Waals surface area contributed by atoms with Crippen molar-refractivity contribution < 1.29 is 23.8 Å². The topological polar surface area (TPSA) is 61.8 Å². The first-order chi connectivity index (χ1) is 14.6. The summed E-state index contributed by atoms with van der Waals surface area (Å²) in [5, 5.41) is 0. The average molecular weight is 402 g/mol. The summed E-state index contributed by atoms with van der Waals surface area (Å²) in [6.07, 6.45) is 3.25. The Morgan fingerprint density at radius 3 is 2.20 bits per heavy atom. The van der Waals surface area contributed by atoms with E-state index in [9.17, 15) is 9.59 Å². The Morgan fingerprint density at radius 2 is 1.53 bits per heavy atom. The summed E-state index contributed by atoms with van der Waals surface area (Å²) in [4.78, 5) is 24.7. The van der Waals surface area contributed by atoms with Crippen LogP contribution in [0, 0.1) is 0 Å². The zero-order valence-corrected chi connectivity index (χ0v) is 16.8. The van der Waals surface area contributed by atoms with Gasteiger partial charge in [0.15, 0.2) is 5.78 Å². The highest BCUT2D eigenvalue weighted by molar-refractivity contribution is 6.06. The van der Waals surface area contributed by atoms with Crippen LogP contribution in [0.1, 0.15) is 33.2 Å². The van der Waals surface area contributed by atoms with Crippen molar-refractivity contribution in [3.8, 4) is 17.2 Å². The molecule has 30 heavy (non-hydrogen) atoms. The predicted molar refractivity (Wildman–Crippen MR) is 115 cm³/mol. The molecule has 0 aliphatic rings. The lowest BCUT2D eigenvalue weighted by Gasteiger charge is -2.08. The van der Waals surface area contributed by atoms with Crippen LogP contribution in [0.3, 0.4) is 0 Å². The third-order valence-corrected chi connectivity index (χ3v) is 4.29. The van der Waals surface area contributed by atoms with Gasteiger partial charge >= 0.3 is 5.97 Å². The van der Waals surface area contributed by atoms with Gasteiger partial charge in [0, 0.05) is 5.56 Å². The highest BCUT2D eigenvalue weighted by Crippen LogP contribution is 2.21. The van der Waals surface area contributed by atoms with Gasteiger partial charge in [-0.05, 0) is 67.1 Å². The second kappa shape index (κ2) is 10.1. The minimum absolute atomic E-state index is 0.147. The van der Waals surface area contributed by atoms with Crippen molar-refractivity contribution in [2.24, 2.45) is 0 Å². The summed E-state index contributed by atoms with van der Waals surface area (Å²) in [5.41, 5.74) is 1.72. The number of carbonyl (C=O) groups excluding carboxylic acids is 2. The number of rotatable bonds is 8. The van der Waals surface area contributed by atoms with Crippen LogP contribution in [-0.2, 0) is 0 Å². The molecule has 0 atom stereocenters. The SMILES string of the molecule is CCOc1ccc(C=CC(=O)c2ccc(OC(=O)c3ccccc3OC)cc2)cc1. The molecule has 0 heterocycles. The Bertz CT molecular complexity index is 1030. The van der Waals surface area contributed by atoms with Gasteiger partial charge in [0.2, 0.25) is 0 Å². The van der Waals surface area contributed by atoms with Crippen LogP contribution in [0.15, 0.2) is 78.9 Å². The maximum absolute atomic E-state index is 12.4. The van der Waals surface area contributed by atoms with E-state index in [-0.39, 0.29) is 5.78 Å². The first kappa shape index (κ1) is 20.9. The molecule has 5 nitrogen and oxygen atoms in total. The first-order valence-electron chi connectivity index (χ1n) is 9.51. The Labute approximate surface area is 175 Å². The van der Waals surface area contributed by atoms with Crippen molar-refractivity contribution in [2.75, 3.05) is 13.7 Å². The van der Waals surface area contributed by atoms with Crippen molar-refractivity contribution in [3.05, 3.63) is 95.6 Å². The van der Waals surface area contributed by atoms with Crippen LogP contribution >= 0.6 is 0 Å². The molecule has 0 saturated heterocycles. The molecule has 3 aromatic carbocycles. The number of methoxy groups -OCH3 is 1. The number of para-hydroxylation sites is 1. The lowest BCUT2D eigenvalue weighted by atomic mass is 10.1. The van der Waals surface area contributed by atoms with Gasteiger partial charge in [0.05, 0.1) is 13.7 Å². The van der Waals surface area contributed by atoms with E-state index in [1.807, 2.05) is 31.2 Å². The monoisotopic (exact) mass is 402 g/mol. The van der Waals surface area contributed by atoms with Gasteiger partial charge < -0.3 is 14.2 Å². The minimum atomic E-state index is -0.526. The fourth-order valence-electron chi connectivity index (χ4n) is 2.77. The van der Waals surface area contributed by atoms with Gasteiger partial charge in [-0.25, -0.2) is 4.79 Å². The van der Waals surface area contributed by atoms with Crippen LogP contribution in [0.4, 0.5) is 0 Å². The second-order valence-corrected chi connectivity index (χ2v) is 6.31. The van der Waals surface area contributed by atoms with E-state index in [0.29, 0.717) is 29.2 Å². The number of hydrogen-bond donors (Lipinski definition) is 0. The van der Waals surface area contributed by atoms with E-state index < -0.39 is 5.97 Å². The molecule has 152 valence electrons. The highest BCUT2D eigenvalue weighted by atomic mass is 16.5. The van der Waals surface area contributed by atoms with Crippen LogP contribution < -0.4 is 14.2 Å². The molecule has 0 amide bonds. The van der Waals surface area contributed by atoms with E-state index >= 15 is 0 Å². The Hall–Kier alpha value is -3.86. The molecule has 0 saturated carbocycles. The normalized spacial score (nSPS) is 10.6. The van der Waals surface area contributed by atoms with Gasteiger partial charge in [-0.1, -0.05) is 30.3 Å². The molecule has 0 aliphatic heterocycles. The van der Waals surface area contributed by atoms with Gasteiger partial charge in [-0.3, -0.25) is 4.79 Å². The molecule has 3 rings (SSSR count). The minimum Gasteiger partial charge on any atom is -0.496 e. The standard InChI is InChI=1S/C25H22O5/c1-3-29-20-13-8-18(9-14-20)10-17-23(26)19-11-15-21(16-12-19)30-25(27)22-6-4-5-7-24(22)28-2/h4-17H,3H2,1-2H3. The molecule has 0 aromatic heterocycles. The maximum Gasteiger partial charge on any atom is 0.347 e. The number of carbonyl (C=O) groups is 2. The third-order valence-electron chi connectivity index (χ3n) is 4.29. The van der Waals surface area contributed by atoms with E-state index in [0.717, 1.165) is 11.3 Å². The lowest BCUT2D eigenvalue weighted by Crippen LogP contribution is -2.10. The Morgan fingerprint density at radius 1 is 0.867 bits per heavy atom. The van der Waals surface area contributed by atoms with Crippen LogP contribution in [-0.4, -0.2) is 25.5 Å². The molecule has 3 aromatic rings. The molecular formula is C25H22O5. The highest BCUT2D eigenvalue weighted by Gasteiger charge is 2.14. The van der Waals surface area contributed by atoms with Crippen molar-refractivity contribution in [1.29, 1.82) is 0 Å². The lowest BCUT2D eigenvalue weighted by molar-refractivity contribution is 0.0731. The average Bonchev–Trinajstić information content (AvgIpc) is 2.79. The predicted octanol–water partition coefficient (Wildman–Crippen LogP) is 5.21. The fraction of sp³-hybridized carbons (Fsp3) is 0.120. The van der Waals surface area contributed by atoms with Gasteiger partial charge in [-0.2, -0.15) is 0 Å². The van der Waals surface area contributed by atoms with Crippen molar-refractivity contribution in [2.45, 2.75) is 6.92 Å². The molecule has 0 aliphatic carbocycles. The summed E-state index contributed by atoms with van der Waals surface area (Å²) in [6.45, 7) is 2.54. The molecule has 0 radical (unpaired) electrons. The zero-order chi connectivity index (χ0) is 21.3. The quantitative estimate of drug-likeness (QED) is 0.224. The molecule has 0 bridgehead atoms. The number of hydrogen-bond acceptors (Lipinski definition) is 5. The molecule has 0 fully saturated rings. The van der Waals surface area contributed by atoms with Gasteiger partial charge in [-0.15, -0.1) is 0 Å². The second-order valence-electron chi connectivity index (χ2n) is 6.31. The van der Waals surface area contributed by atoms with Gasteiger partial charge in [0.25, 0.3) is 0 Å². The summed E-state index contributed by atoms with van der Waals surface area (Å²) in [7, 11) is 1.49. The fourth-order valence-corrected chi connectivity index (χ4v) is 2.77. The number of allylic oxidation sites excluding steroid dienone is 1. The maximum atomic E-state index is 12.4. The van der Waals surface area contributed by atoms with Crippen molar-refractivity contribution in [1.82, 2.24) is 0 Å². The third kappa shape index (κ3) is 5.35. The first-order valence-corrected chi connectivity index (χ1v) is 9.51. The van der Waals surface area contributed by atoms with Crippen molar-refractivity contribution in [3.63, 3.8) is 0 Å². The zero-order valence-electron chi connectivity index (χ0n) is 16.8. The summed E-state index contributed by atoms with van der Waals surface area (Å²) < 4.78 is 16.0. The van der Waals surface area contributed by atoms with E-state index in [1.165, 1.54) is 13.2 Å². The Kier molecular flexibility index (Phi) is 7.00. The summed E-state index contributed by atoms with van der Waals surface area (Å²) in [5.74, 6) is 0.902. The number of ketones is 1. The van der Waals surface area contributed by atoms with Gasteiger partial charge in [0.1, 0.15) is 22.8 Å². The Balaban J connectivity index is 1.63. The molecule has 0 unspecified atom stereocenters. The van der Waals surface area contributed by atoms with E-state index in [4.69, 9.17) is 14.2 Å².